The number of ether oxygens (including phenoxy) is 2. The fraction of sp³-hybridized carbons (Fsp3) is 0.188. The van der Waals surface area contributed by atoms with Crippen molar-refractivity contribution >= 4 is 17.6 Å². The summed E-state index contributed by atoms with van der Waals surface area (Å²) in [7, 11) is 0. The standard InChI is InChI=1S/C16H15ClO4/c17-13-4-2-6-15(11-13)21-8-7-20-14-5-1-3-12(9-14)10-16(18)19/h1-6,9,11H,7-8,10H2,(H,18,19). The summed E-state index contributed by atoms with van der Waals surface area (Å²) in [5.41, 5.74) is 0.704. The molecule has 5 heteroatoms. The molecule has 0 aliphatic carbocycles. The van der Waals surface area contributed by atoms with Crippen LogP contribution >= 0.6 is 11.6 Å². The van der Waals surface area contributed by atoms with Gasteiger partial charge >= 0.3 is 5.97 Å². The number of hydrogen-bond acceptors (Lipinski definition) is 3. The Hall–Kier alpha value is -2.20. The van der Waals surface area contributed by atoms with E-state index >= 15 is 0 Å². The molecule has 0 saturated carbocycles. The monoisotopic (exact) mass is 306 g/mol. The molecule has 1 N–H and O–H groups in total. The Labute approximate surface area is 127 Å². The molecular weight excluding hydrogens is 292 g/mol. The van der Waals surface area contributed by atoms with Gasteiger partial charge in [-0.05, 0) is 35.9 Å². The summed E-state index contributed by atoms with van der Waals surface area (Å²) < 4.78 is 11.0. The van der Waals surface area contributed by atoms with E-state index in [2.05, 4.69) is 0 Å². The van der Waals surface area contributed by atoms with Crippen molar-refractivity contribution in [1.82, 2.24) is 0 Å². The summed E-state index contributed by atoms with van der Waals surface area (Å²) in [6.07, 6.45) is -0.0176. The highest BCUT2D eigenvalue weighted by Crippen LogP contribution is 2.17. The zero-order valence-corrected chi connectivity index (χ0v) is 12.0. The molecule has 110 valence electrons. The quantitative estimate of drug-likeness (QED) is 0.796. The van der Waals surface area contributed by atoms with Crippen molar-refractivity contribution in [2.45, 2.75) is 6.42 Å². The second-order valence-corrected chi connectivity index (χ2v) is 4.81. The molecule has 0 fully saturated rings. The first-order chi connectivity index (χ1) is 10.1. The van der Waals surface area contributed by atoms with E-state index in [-0.39, 0.29) is 6.42 Å². The molecule has 0 saturated heterocycles. The molecule has 0 radical (unpaired) electrons. The van der Waals surface area contributed by atoms with E-state index in [1.54, 1.807) is 36.4 Å². The molecule has 4 nitrogen and oxygen atoms in total. The third-order valence-corrected chi connectivity index (χ3v) is 2.91. The van der Waals surface area contributed by atoms with Gasteiger partial charge < -0.3 is 14.6 Å². The predicted molar refractivity (Wildman–Crippen MR) is 80.2 cm³/mol. The van der Waals surface area contributed by atoms with Gasteiger partial charge in [-0.1, -0.05) is 29.8 Å². The highest BCUT2D eigenvalue weighted by Gasteiger charge is 2.02. The van der Waals surface area contributed by atoms with Crippen LogP contribution in [0.15, 0.2) is 48.5 Å². The number of halogens is 1. The second-order valence-electron chi connectivity index (χ2n) is 4.37. The summed E-state index contributed by atoms with van der Waals surface area (Å²) in [4.78, 5) is 10.7. The molecule has 2 rings (SSSR count). The van der Waals surface area contributed by atoms with E-state index < -0.39 is 5.97 Å². The lowest BCUT2D eigenvalue weighted by Gasteiger charge is -2.09. The zero-order valence-electron chi connectivity index (χ0n) is 11.3. The molecule has 0 aliphatic rings. The van der Waals surface area contributed by atoms with E-state index in [0.717, 1.165) is 0 Å². The summed E-state index contributed by atoms with van der Waals surface area (Å²) in [6, 6.07) is 14.2. The molecule has 2 aromatic carbocycles. The lowest BCUT2D eigenvalue weighted by molar-refractivity contribution is -0.136. The Morgan fingerprint density at radius 1 is 1.00 bits per heavy atom. The van der Waals surface area contributed by atoms with Crippen LogP contribution in [0.2, 0.25) is 5.02 Å². The lowest BCUT2D eigenvalue weighted by atomic mass is 10.1. The number of carboxylic acids is 1. The molecule has 21 heavy (non-hydrogen) atoms. The van der Waals surface area contributed by atoms with Gasteiger partial charge in [-0.15, -0.1) is 0 Å². The van der Waals surface area contributed by atoms with Crippen LogP contribution in [-0.4, -0.2) is 24.3 Å². The first-order valence-corrected chi connectivity index (χ1v) is 6.83. The van der Waals surface area contributed by atoms with Gasteiger partial charge in [0, 0.05) is 5.02 Å². The van der Waals surface area contributed by atoms with Crippen LogP contribution in [0.25, 0.3) is 0 Å². The van der Waals surface area contributed by atoms with Crippen molar-refractivity contribution in [2.75, 3.05) is 13.2 Å². The number of carboxylic acid groups (broad SMARTS) is 1. The van der Waals surface area contributed by atoms with Crippen LogP contribution in [0, 0.1) is 0 Å². The summed E-state index contributed by atoms with van der Waals surface area (Å²) in [6.45, 7) is 0.743. The van der Waals surface area contributed by atoms with E-state index in [0.29, 0.717) is 35.3 Å². The topological polar surface area (TPSA) is 55.8 Å². The van der Waals surface area contributed by atoms with E-state index in [9.17, 15) is 4.79 Å². The molecule has 0 heterocycles. The first kappa shape index (κ1) is 15.2. The SMILES string of the molecule is O=C(O)Cc1cccc(OCCOc2cccc(Cl)c2)c1. The van der Waals surface area contributed by atoms with Gasteiger partial charge in [0.05, 0.1) is 6.42 Å². The molecule has 0 unspecified atom stereocenters. The predicted octanol–water partition coefficient (Wildman–Crippen LogP) is 3.42. The Balaban J connectivity index is 1.79. The van der Waals surface area contributed by atoms with Gasteiger partial charge in [-0.25, -0.2) is 0 Å². The van der Waals surface area contributed by atoms with Crippen molar-refractivity contribution in [1.29, 1.82) is 0 Å². The van der Waals surface area contributed by atoms with Crippen molar-refractivity contribution in [2.24, 2.45) is 0 Å². The highest BCUT2D eigenvalue weighted by molar-refractivity contribution is 6.30. The average molecular weight is 307 g/mol. The Bertz CT molecular complexity index is 613. The van der Waals surface area contributed by atoms with Gasteiger partial charge in [0.2, 0.25) is 0 Å². The van der Waals surface area contributed by atoms with Gasteiger partial charge in [0.1, 0.15) is 24.7 Å². The fourth-order valence-electron chi connectivity index (χ4n) is 1.80. The van der Waals surface area contributed by atoms with E-state index in [4.69, 9.17) is 26.2 Å². The summed E-state index contributed by atoms with van der Waals surface area (Å²) in [5.74, 6) is 0.450. The van der Waals surface area contributed by atoms with Crippen molar-refractivity contribution in [3.05, 3.63) is 59.1 Å². The number of aliphatic carboxylic acids is 1. The number of hydrogen-bond donors (Lipinski definition) is 1. The Morgan fingerprint density at radius 2 is 1.62 bits per heavy atom. The maximum Gasteiger partial charge on any atom is 0.307 e. The van der Waals surface area contributed by atoms with Gasteiger partial charge in [0.15, 0.2) is 0 Å². The normalized spacial score (nSPS) is 10.1. The first-order valence-electron chi connectivity index (χ1n) is 6.45. The number of benzene rings is 2. The number of rotatable bonds is 7. The smallest absolute Gasteiger partial charge is 0.307 e. The van der Waals surface area contributed by atoms with Crippen LogP contribution in [0.1, 0.15) is 5.56 Å². The minimum atomic E-state index is -0.864. The van der Waals surface area contributed by atoms with Crippen molar-refractivity contribution in [3.8, 4) is 11.5 Å². The third-order valence-electron chi connectivity index (χ3n) is 2.67. The second kappa shape index (κ2) is 7.55. The Kier molecular flexibility index (Phi) is 5.46. The van der Waals surface area contributed by atoms with Crippen LogP contribution in [0.3, 0.4) is 0 Å². The van der Waals surface area contributed by atoms with E-state index in [1.165, 1.54) is 0 Å². The fourth-order valence-corrected chi connectivity index (χ4v) is 1.98. The van der Waals surface area contributed by atoms with E-state index in [1.807, 2.05) is 12.1 Å². The van der Waals surface area contributed by atoms with Crippen LogP contribution < -0.4 is 9.47 Å². The van der Waals surface area contributed by atoms with Crippen LogP contribution in [-0.2, 0) is 11.2 Å². The van der Waals surface area contributed by atoms with Gasteiger partial charge in [0.25, 0.3) is 0 Å². The molecule has 0 atom stereocenters. The maximum absolute atomic E-state index is 10.7. The highest BCUT2D eigenvalue weighted by atomic mass is 35.5. The molecular formula is C16H15ClO4. The molecule has 0 spiro atoms. The molecule has 0 aliphatic heterocycles. The van der Waals surface area contributed by atoms with Crippen LogP contribution in [0.4, 0.5) is 0 Å². The van der Waals surface area contributed by atoms with Gasteiger partial charge in [-0.2, -0.15) is 0 Å². The third kappa shape index (κ3) is 5.36. The minimum absolute atomic E-state index is 0.0176. The Morgan fingerprint density at radius 3 is 2.24 bits per heavy atom. The van der Waals surface area contributed by atoms with Crippen molar-refractivity contribution in [3.63, 3.8) is 0 Å². The minimum Gasteiger partial charge on any atom is -0.490 e. The number of carbonyl (C=O) groups is 1. The maximum atomic E-state index is 10.7. The molecule has 0 amide bonds. The largest absolute Gasteiger partial charge is 0.490 e. The summed E-state index contributed by atoms with van der Waals surface area (Å²) >= 11 is 5.85. The van der Waals surface area contributed by atoms with Crippen LogP contribution in [0.5, 0.6) is 11.5 Å². The molecule has 2 aromatic rings. The van der Waals surface area contributed by atoms with Gasteiger partial charge in [-0.3, -0.25) is 4.79 Å². The molecule has 0 aromatic heterocycles. The molecule has 0 bridgehead atoms. The summed E-state index contributed by atoms with van der Waals surface area (Å²) in [5, 5.41) is 9.37. The van der Waals surface area contributed by atoms with Crippen molar-refractivity contribution < 1.29 is 19.4 Å². The lowest BCUT2D eigenvalue weighted by Crippen LogP contribution is -2.09. The zero-order chi connectivity index (χ0) is 15.1. The average Bonchev–Trinajstić information content (AvgIpc) is 2.43.